The first-order valence-electron chi connectivity index (χ1n) is 6.59. The third-order valence-corrected chi connectivity index (χ3v) is 3.38. The number of nitrogens with one attached hydrogen (secondary N) is 1. The van der Waals surface area contributed by atoms with Crippen LogP contribution in [0, 0.1) is 0 Å². The highest BCUT2D eigenvalue weighted by Gasteiger charge is 2.02. The minimum Gasteiger partial charge on any atom is -0.496 e. The van der Waals surface area contributed by atoms with Crippen molar-refractivity contribution in [1.82, 2.24) is 5.43 Å². The lowest BCUT2D eigenvalue weighted by Gasteiger charge is -2.02. The quantitative estimate of drug-likeness (QED) is 0.651. The average Bonchev–Trinajstić information content (AvgIpc) is 2.55. The topological polar surface area (TPSA) is 50.7 Å². The van der Waals surface area contributed by atoms with Gasteiger partial charge in [0.15, 0.2) is 0 Å². The van der Waals surface area contributed by atoms with E-state index in [1.165, 1.54) is 6.21 Å². The molecule has 1 amide bonds. The van der Waals surface area contributed by atoms with Gasteiger partial charge in [0.05, 0.1) is 7.11 Å². The van der Waals surface area contributed by atoms with Gasteiger partial charge in [-0.1, -0.05) is 34.1 Å². The van der Waals surface area contributed by atoms with Crippen LogP contribution in [0.4, 0.5) is 0 Å². The third kappa shape index (κ3) is 4.56. The van der Waals surface area contributed by atoms with Gasteiger partial charge >= 0.3 is 0 Å². The van der Waals surface area contributed by atoms with E-state index in [9.17, 15) is 4.79 Å². The molecule has 0 aliphatic rings. The Morgan fingerprint density at radius 3 is 2.64 bits per heavy atom. The highest BCUT2D eigenvalue weighted by Crippen LogP contribution is 2.18. The van der Waals surface area contributed by atoms with Crippen molar-refractivity contribution < 1.29 is 9.53 Å². The molecule has 0 bridgehead atoms. The fourth-order valence-corrected chi connectivity index (χ4v) is 2.02. The van der Waals surface area contributed by atoms with Gasteiger partial charge < -0.3 is 4.74 Å². The van der Waals surface area contributed by atoms with Crippen molar-refractivity contribution in [2.45, 2.75) is 0 Å². The summed E-state index contributed by atoms with van der Waals surface area (Å²) in [4.78, 5) is 11.8. The van der Waals surface area contributed by atoms with Crippen molar-refractivity contribution in [2.75, 3.05) is 7.11 Å². The van der Waals surface area contributed by atoms with Crippen molar-refractivity contribution in [3.63, 3.8) is 0 Å². The molecule has 2 aromatic carbocycles. The van der Waals surface area contributed by atoms with Crippen LogP contribution >= 0.6 is 15.9 Å². The summed E-state index contributed by atoms with van der Waals surface area (Å²) in [6, 6.07) is 14.7. The summed E-state index contributed by atoms with van der Waals surface area (Å²) in [6.07, 6.45) is 5.11. The van der Waals surface area contributed by atoms with Crippen molar-refractivity contribution in [3.8, 4) is 5.75 Å². The predicted molar refractivity (Wildman–Crippen MR) is 92.1 cm³/mol. The summed E-state index contributed by atoms with van der Waals surface area (Å²) in [7, 11) is 1.62. The third-order valence-electron chi connectivity index (χ3n) is 2.85. The zero-order valence-electron chi connectivity index (χ0n) is 12.0. The highest BCUT2D eigenvalue weighted by atomic mass is 79.9. The van der Waals surface area contributed by atoms with Crippen LogP contribution in [0.3, 0.4) is 0 Å². The number of halogens is 1. The molecule has 0 radical (unpaired) electrons. The number of nitrogens with zero attached hydrogens (tertiary/aromatic N) is 1. The van der Waals surface area contributed by atoms with Gasteiger partial charge in [-0.2, -0.15) is 5.10 Å². The van der Waals surface area contributed by atoms with Crippen LogP contribution in [0.5, 0.6) is 5.75 Å². The molecule has 0 heterocycles. The Labute approximate surface area is 137 Å². The number of hydrogen-bond donors (Lipinski definition) is 1. The van der Waals surface area contributed by atoms with Crippen molar-refractivity contribution >= 4 is 34.1 Å². The number of para-hydroxylation sites is 1. The van der Waals surface area contributed by atoms with E-state index in [0.29, 0.717) is 5.56 Å². The highest BCUT2D eigenvalue weighted by molar-refractivity contribution is 9.10. The molecule has 112 valence electrons. The van der Waals surface area contributed by atoms with Gasteiger partial charge in [0.2, 0.25) is 0 Å². The molecular weight excluding hydrogens is 344 g/mol. The van der Waals surface area contributed by atoms with Gasteiger partial charge in [0.25, 0.3) is 5.91 Å². The average molecular weight is 359 g/mol. The van der Waals surface area contributed by atoms with Crippen LogP contribution in [-0.2, 0) is 0 Å². The molecule has 0 atom stereocenters. The first-order chi connectivity index (χ1) is 10.7. The van der Waals surface area contributed by atoms with Gasteiger partial charge in [0, 0.05) is 21.8 Å². The number of carbonyl (C=O) groups excluding carboxylic acids is 1. The maximum Gasteiger partial charge on any atom is 0.271 e. The molecule has 2 aromatic rings. The fourth-order valence-electron chi connectivity index (χ4n) is 1.76. The van der Waals surface area contributed by atoms with Crippen molar-refractivity contribution in [2.24, 2.45) is 5.10 Å². The molecule has 0 saturated heterocycles. The summed E-state index contributed by atoms with van der Waals surface area (Å²) in [5.41, 5.74) is 3.96. The minimum absolute atomic E-state index is 0.255. The minimum atomic E-state index is -0.255. The number of methoxy groups -OCH3 is 1. The number of ether oxygens (including phenoxy) is 1. The maximum atomic E-state index is 11.8. The molecule has 4 nitrogen and oxygen atoms in total. The number of carbonyl (C=O) groups is 1. The van der Waals surface area contributed by atoms with E-state index in [4.69, 9.17) is 4.74 Å². The number of amides is 1. The Morgan fingerprint density at radius 1 is 1.18 bits per heavy atom. The zero-order chi connectivity index (χ0) is 15.8. The van der Waals surface area contributed by atoms with Crippen LogP contribution < -0.4 is 10.2 Å². The predicted octanol–water partition coefficient (Wildman–Crippen LogP) is 3.89. The fraction of sp³-hybridized carbons (Fsp3) is 0.0588. The second kappa shape index (κ2) is 8.14. The molecule has 5 heteroatoms. The molecule has 0 saturated carbocycles. The van der Waals surface area contributed by atoms with Gasteiger partial charge in [-0.25, -0.2) is 5.43 Å². The van der Waals surface area contributed by atoms with Crippen LogP contribution in [0.25, 0.3) is 6.08 Å². The molecule has 0 aliphatic carbocycles. The molecule has 0 aliphatic heterocycles. The van der Waals surface area contributed by atoms with E-state index < -0.39 is 0 Å². The number of hydrogen-bond acceptors (Lipinski definition) is 3. The SMILES string of the molecule is COc1ccccc1/C=C/C=N/NC(=O)c1ccc(Br)cc1. The molecule has 22 heavy (non-hydrogen) atoms. The Bertz CT molecular complexity index is 694. The van der Waals surface area contributed by atoms with E-state index in [2.05, 4.69) is 26.5 Å². The summed E-state index contributed by atoms with van der Waals surface area (Å²) in [6.45, 7) is 0. The van der Waals surface area contributed by atoms with Crippen LogP contribution in [0.2, 0.25) is 0 Å². The molecular formula is C17H15BrN2O2. The molecule has 0 spiro atoms. The summed E-state index contributed by atoms with van der Waals surface area (Å²) >= 11 is 3.32. The van der Waals surface area contributed by atoms with E-state index >= 15 is 0 Å². The summed E-state index contributed by atoms with van der Waals surface area (Å²) in [5.74, 6) is 0.528. The van der Waals surface area contributed by atoms with E-state index in [0.717, 1.165) is 15.8 Å². The first kappa shape index (κ1) is 16.0. The zero-order valence-corrected chi connectivity index (χ0v) is 13.6. The number of hydrazone groups is 1. The number of benzene rings is 2. The van der Waals surface area contributed by atoms with Crippen molar-refractivity contribution in [3.05, 3.63) is 70.2 Å². The molecule has 1 N–H and O–H groups in total. The lowest BCUT2D eigenvalue weighted by molar-refractivity contribution is 0.0955. The normalized spacial score (nSPS) is 11.0. The molecule has 0 fully saturated rings. The summed E-state index contributed by atoms with van der Waals surface area (Å²) < 4.78 is 6.16. The smallest absolute Gasteiger partial charge is 0.271 e. The van der Waals surface area contributed by atoms with Gasteiger partial charge in [0.1, 0.15) is 5.75 Å². The largest absolute Gasteiger partial charge is 0.496 e. The lowest BCUT2D eigenvalue weighted by Crippen LogP contribution is -2.17. The summed E-state index contributed by atoms with van der Waals surface area (Å²) in [5, 5.41) is 3.88. The Balaban J connectivity index is 1.91. The second-order valence-corrected chi connectivity index (χ2v) is 5.24. The Kier molecular flexibility index (Phi) is 5.91. The van der Waals surface area contributed by atoms with Crippen LogP contribution in [-0.4, -0.2) is 19.2 Å². The van der Waals surface area contributed by atoms with Gasteiger partial charge in [-0.15, -0.1) is 0 Å². The maximum absolute atomic E-state index is 11.8. The second-order valence-electron chi connectivity index (χ2n) is 4.33. The van der Waals surface area contributed by atoms with Gasteiger partial charge in [-0.05, 0) is 42.5 Å². The number of rotatable bonds is 5. The van der Waals surface area contributed by atoms with E-state index in [1.54, 1.807) is 37.5 Å². The first-order valence-corrected chi connectivity index (χ1v) is 7.38. The molecule has 2 rings (SSSR count). The number of allylic oxidation sites excluding steroid dienone is 1. The Morgan fingerprint density at radius 2 is 1.91 bits per heavy atom. The van der Waals surface area contributed by atoms with E-state index in [1.807, 2.05) is 30.3 Å². The standard InChI is InChI=1S/C17H15BrN2O2/c1-22-16-7-3-2-5-13(16)6-4-12-19-20-17(21)14-8-10-15(18)11-9-14/h2-12H,1H3,(H,20,21)/b6-4+,19-12+. The Hall–Kier alpha value is -2.40. The monoisotopic (exact) mass is 358 g/mol. The molecule has 0 aromatic heterocycles. The van der Waals surface area contributed by atoms with Crippen LogP contribution in [0.1, 0.15) is 15.9 Å². The molecule has 0 unspecified atom stereocenters. The van der Waals surface area contributed by atoms with E-state index in [-0.39, 0.29) is 5.91 Å². The van der Waals surface area contributed by atoms with Crippen LogP contribution in [0.15, 0.2) is 64.2 Å². The van der Waals surface area contributed by atoms with Crippen molar-refractivity contribution in [1.29, 1.82) is 0 Å². The lowest BCUT2D eigenvalue weighted by atomic mass is 10.2. The van der Waals surface area contributed by atoms with Gasteiger partial charge in [-0.3, -0.25) is 4.79 Å².